The van der Waals surface area contributed by atoms with E-state index in [-0.39, 0.29) is 5.91 Å². The summed E-state index contributed by atoms with van der Waals surface area (Å²) in [5.41, 5.74) is 3.71. The molecular formula is C23H29BrN2O5. The Morgan fingerprint density at radius 1 is 0.935 bits per heavy atom. The predicted octanol–water partition coefficient (Wildman–Crippen LogP) is 5.20. The number of hydrogen-bond donors (Lipinski definition) is 1. The quantitative estimate of drug-likeness (QED) is 0.325. The number of ether oxygens (including phenoxy) is 4. The Hall–Kier alpha value is -2.74. The number of amides is 1. The maximum Gasteiger partial charge on any atom is 0.271 e. The van der Waals surface area contributed by atoms with Gasteiger partial charge in [0.2, 0.25) is 0 Å². The molecule has 2 aromatic carbocycles. The van der Waals surface area contributed by atoms with Gasteiger partial charge in [-0.25, -0.2) is 5.43 Å². The van der Waals surface area contributed by atoms with Crippen molar-refractivity contribution in [3.05, 3.63) is 45.9 Å². The monoisotopic (exact) mass is 492 g/mol. The number of carbonyl (C=O) groups excluding carboxylic acids is 1. The van der Waals surface area contributed by atoms with Crippen molar-refractivity contribution in [3.8, 4) is 23.0 Å². The number of benzene rings is 2. The standard InChI is InChI=1S/C23H29BrN2O5/c1-5-11-31-19-10-9-17(14-20(19)28-6-2)23(27)26-25-15-16-12-18(24)22(30-8-4)21(13-16)29-7-3/h9-10,12-15H,5-8,11H2,1-4H3,(H,26,27)/b25-15+. The summed E-state index contributed by atoms with van der Waals surface area (Å²) in [6.45, 7) is 9.80. The number of nitrogens with zero attached hydrogens (tertiary/aromatic N) is 1. The van der Waals surface area contributed by atoms with Crippen LogP contribution in [0.2, 0.25) is 0 Å². The van der Waals surface area contributed by atoms with Crippen molar-refractivity contribution in [2.45, 2.75) is 34.1 Å². The van der Waals surface area contributed by atoms with Crippen LogP contribution in [0.5, 0.6) is 23.0 Å². The molecule has 2 aromatic rings. The van der Waals surface area contributed by atoms with Crippen LogP contribution in [0.1, 0.15) is 50.0 Å². The molecule has 168 valence electrons. The van der Waals surface area contributed by atoms with E-state index in [9.17, 15) is 4.79 Å². The minimum Gasteiger partial charge on any atom is -0.490 e. The average molecular weight is 493 g/mol. The van der Waals surface area contributed by atoms with E-state index in [0.29, 0.717) is 55.0 Å². The lowest BCUT2D eigenvalue weighted by Gasteiger charge is -2.13. The fourth-order valence-corrected chi connectivity index (χ4v) is 3.26. The molecule has 0 spiro atoms. The Kier molecular flexibility index (Phi) is 10.2. The van der Waals surface area contributed by atoms with Crippen LogP contribution >= 0.6 is 15.9 Å². The Morgan fingerprint density at radius 2 is 1.65 bits per heavy atom. The van der Waals surface area contributed by atoms with Crippen LogP contribution in [0.15, 0.2) is 39.9 Å². The molecule has 0 fully saturated rings. The minimum absolute atomic E-state index is 0.353. The number of halogens is 1. The fourth-order valence-electron chi connectivity index (χ4n) is 2.69. The van der Waals surface area contributed by atoms with Gasteiger partial charge in [0.05, 0.1) is 37.1 Å². The summed E-state index contributed by atoms with van der Waals surface area (Å²) < 4.78 is 23.3. The third-order valence-corrected chi connectivity index (χ3v) is 4.56. The molecule has 0 radical (unpaired) electrons. The van der Waals surface area contributed by atoms with Gasteiger partial charge in [-0.2, -0.15) is 5.10 Å². The Morgan fingerprint density at radius 3 is 2.32 bits per heavy atom. The molecule has 0 atom stereocenters. The number of rotatable bonds is 12. The molecule has 2 rings (SSSR count). The number of hydrogen-bond acceptors (Lipinski definition) is 6. The van der Waals surface area contributed by atoms with Gasteiger partial charge in [-0.15, -0.1) is 0 Å². The van der Waals surface area contributed by atoms with Crippen LogP contribution in [0.3, 0.4) is 0 Å². The maximum atomic E-state index is 12.5. The SMILES string of the molecule is CCCOc1ccc(C(=O)N/N=C/c2cc(Br)c(OCC)c(OCC)c2)cc1OCC. The second-order valence-electron chi connectivity index (χ2n) is 6.34. The van der Waals surface area contributed by atoms with Gasteiger partial charge >= 0.3 is 0 Å². The number of hydrazone groups is 1. The molecule has 1 amide bonds. The molecule has 31 heavy (non-hydrogen) atoms. The molecule has 8 heteroatoms. The van der Waals surface area contributed by atoms with Crippen LogP contribution < -0.4 is 24.4 Å². The third-order valence-electron chi connectivity index (χ3n) is 3.97. The molecule has 0 aromatic heterocycles. The largest absolute Gasteiger partial charge is 0.490 e. The molecule has 0 aliphatic rings. The molecule has 0 saturated heterocycles. The second kappa shape index (κ2) is 12.8. The van der Waals surface area contributed by atoms with Crippen LogP contribution in [0.25, 0.3) is 0 Å². The first kappa shape index (κ1) is 24.5. The summed E-state index contributed by atoms with van der Waals surface area (Å²) in [5, 5.41) is 4.07. The van der Waals surface area contributed by atoms with Crippen molar-refractivity contribution in [2.24, 2.45) is 5.10 Å². The highest BCUT2D eigenvalue weighted by Gasteiger charge is 2.13. The van der Waals surface area contributed by atoms with Crippen molar-refractivity contribution >= 4 is 28.1 Å². The minimum atomic E-state index is -0.353. The van der Waals surface area contributed by atoms with Gasteiger partial charge in [-0.05, 0) is 79.0 Å². The van der Waals surface area contributed by atoms with E-state index in [0.717, 1.165) is 16.5 Å². The number of carbonyl (C=O) groups is 1. The second-order valence-corrected chi connectivity index (χ2v) is 7.19. The highest BCUT2D eigenvalue weighted by molar-refractivity contribution is 9.10. The molecule has 0 aliphatic carbocycles. The first-order valence-electron chi connectivity index (χ1n) is 10.4. The average Bonchev–Trinajstić information content (AvgIpc) is 2.75. The predicted molar refractivity (Wildman–Crippen MR) is 125 cm³/mol. The summed E-state index contributed by atoms with van der Waals surface area (Å²) in [7, 11) is 0. The Balaban J connectivity index is 2.13. The van der Waals surface area contributed by atoms with Gasteiger partial charge in [0.15, 0.2) is 23.0 Å². The lowest BCUT2D eigenvalue weighted by Crippen LogP contribution is -2.17. The van der Waals surface area contributed by atoms with Gasteiger partial charge in [-0.3, -0.25) is 4.79 Å². The van der Waals surface area contributed by atoms with E-state index in [1.807, 2.05) is 39.8 Å². The summed E-state index contributed by atoms with van der Waals surface area (Å²) >= 11 is 3.49. The van der Waals surface area contributed by atoms with Crippen molar-refractivity contribution < 1.29 is 23.7 Å². The van der Waals surface area contributed by atoms with Gasteiger partial charge in [0.1, 0.15) is 0 Å². The topological polar surface area (TPSA) is 78.4 Å². The van der Waals surface area contributed by atoms with E-state index in [1.54, 1.807) is 24.4 Å². The third kappa shape index (κ3) is 7.17. The molecule has 0 aliphatic heterocycles. The summed E-state index contributed by atoms with van der Waals surface area (Å²) in [6, 6.07) is 8.72. The molecule has 7 nitrogen and oxygen atoms in total. The van der Waals surface area contributed by atoms with E-state index in [2.05, 4.69) is 26.5 Å². The van der Waals surface area contributed by atoms with Crippen LogP contribution in [-0.4, -0.2) is 38.5 Å². The normalized spacial score (nSPS) is 10.7. The van der Waals surface area contributed by atoms with Gasteiger partial charge in [0.25, 0.3) is 5.91 Å². The van der Waals surface area contributed by atoms with E-state index in [4.69, 9.17) is 18.9 Å². The Labute approximate surface area is 191 Å². The highest BCUT2D eigenvalue weighted by Crippen LogP contribution is 2.36. The van der Waals surface area contributed by atoms with E-state index >= 15 is 0 Å². The van der Waals surface area contributed by atoms with Crippen LogP contribution in [-0.2, 0) is 0 Å². The molecule has 1 N–H and O–H groups in total. The fraction of sp³-hybridized carbons (Fsp3) is 0.391. The van der Waals surface area contributed by atoms with Crippen molar-refractivity contribution in [2.75, 3.05) is 26.4 Å². The smallest absolute Gasteiger partial charge is 0.271 e. The molecule has 0 bridgehead atoms. The highest BCUT2D eigenvalue weighted by atomic mass is 79.9. The van der Waals surface area contributed by atoms with Crippen molar-refractivity contribution in [1.29, 1.82) is 0 Å². The van der Waals surface area contributed by atoms with Gasteiger partial charge in [0, 0.05) is 5.56 Å². The lowest BCUT2D eigenvalue weighted by atomic mass is 10.2. The van der Waals surface area contributed by atoms with E-state index < -0.39 is 0 Å². The zero-order valence-corrected chi connectivity index (χ0v) is 20.0. The van der Waals surface area contributed by atoms with Gasteiger partial charge in [-0.1, -0.05) is 6.92 Å². The maximum absolute atomic E-state index is 12.5. The van der Waals surface area contributed by atoms with Gasteiger partial charge < -0.3 is 18.9 Å². The first-order valence-corrected chi connectivity index (χ1v) is 11.1. The van der Waals surface area contributed by atoms with Crippen LogP contribution in [0.4, 0.5) is 0 Å². The van der Waals surface area contributed by atoms with E-state index in [1.165, 1.54) is 0 Å². The van der Waals surface area contributed by atoms with Crippen molar-refractivity contribution in [3.63, 3.8) is 0 Å². The zero-order valence-electron chi connectivity index (χ0n) is 18.4. The molecule has 0 heterocycles. The number of nitrogens with one attached hydrogen (secondary N) is 1. The van der Waals surface area contributed by atoms with Crippen LogP contribution in [0, 0.1) is 0 Å². The molecule has 0 saturated carbocycles. The zero-order chi connectivity index (χ0) is 22.6. The molecule has 0 unspecified atom stereocenters. The summed E-state index contributed by atoms with van der Waals surface area (Å²) in [4.78, 5) is 12.5. The summed E-state index contributed by atoms with van der Waals surface area (Å²) in [6.07, 6.45) is 2.43. The summed E-state index contributed by atoms with van der Waals surface area (Å²) in [5.74, 6) is 2.04. The molecular weight excluding hydrogens is 464 g/mol. The first-order chi connectivity index (χ1) is 15.0. The van der Waals surface area contributed by atoms with Crippen molar-refractivity contribution in [1.82, 2.24) is 5.43 Å². The lowest BCUT2D eigenvalue weighted by molar-refractivity contribution is 0.0954. The Bertz CT molecular complexity index is 902.